The Morgan fingerprint density at radius 3 is 2.17 bits per heavy atom. The number of nitrogens with zero attached hydrogens (tertiary/aromatic N) is 1. The van der Waals surface area contributed by atoms with E-state index in [-0.39, 0.29) is 0 Å². The summed E-state index contributed by atoms with van der Waals surface area (Å²) in [5.41, 5.74) is 3.54. The summed E-state index contributed by atoms with van der Waals surface area (Å²) < 4.78 is 5.42. The third-order valence-electron chi connectivity index (χ3n) is 2.70. The third-order valence-corrected chi connectivity index (χ3v) is 5.92. The van der Waals surface area contributed by atoms with E-state index in [1.807, 2.05) is 6.20 Å². The molecular formula is C14H25NOSi2. The van der Waals surface area contributed by atoms with Crippen molar-refractivity contribution in [2.75, 3.05) is 7.11 Å². The van der Waals surface area contributed by atoms with E-state index in [2.05, 4.69) is 62.1 Å². The Kier molecular flexibility index (Phi) is 4.56. The van der Waals surface area contributed by atoms with Crippen LogP contribution in [0.2, 0.25) is 39.3 Å². The van der Waals surface area contributed by atoms with Crippen LogP contribution >= 0.6 is 0 Å². The predicted molar refractivity (Wildman–Crippen MR) is 86.1 cm³/mol. The average Bonchev–Trinajstić information content (AvgIpc) is 2.23. The van der Waals surface area contributed by atoms with Gasteiger partial charge in [0.05, 0.1) is 23.3 Å². The Morgan fingerprint density at radius 2 is 1.72 bits per heavy atom. The molecule has 0 atom stereocenters. The van der Waals surface area contributed by atoms with Crippen LogP contribution in [0.4, 0.5) is 0 Å². The van der Waals surface area contributed by atoms with Crippen molar-refractivity contribution in [3.8, 4) is 5.88 Å². The molecule has 2 nitrogen and oxygen atoms in total. The predicted octanol–water partition coefficient (Wildman–Crippen LogP) is 3.53. The minimum absolute atomic E-state index is 0.754. The van der Waals surface area contributed by atoms with Crippen molar-refractivity contribution >= 4 is 27.4 Å². The van der Waals surface area contributed by atoms with E-state index in [9.17, 15) is 0 Å². The zero-order chi connectivity index (χ0) is 14.0. The molecule has 1 heterocycles. The SMILES string of the molecule is COc1nccc([Si](C)(C)C)c1C=C[Si](C)(C)C. The summed E-state index contributed by atoms with van der Waals surface area (Å²) in [5.74, 6) is 0.754. The Hall–Kier alpha value is -0.876. The molecule has 1 rings (SSSR count). The molecular weight excluding hydrogens is 254 g/mol. The molecule has 0 aromatic carbocycles. The number of aromatic nitrogens is 1. The van der Waals surface area contributed by atoms with Gasteiger partial charge in [-0.05, 0) is 11.3 Å². The van der Waals surface area contributed by atoms with Crippen LogP contribution in [0.5, 0.6) is 5.88 Å². The van der Waals surface area contributed by atoms with E-state index in [1.165, 1.54) is 10.8 Å². The van der Waals surface area contributed by atoms with Gasteiger partial charge in [-0.2, -0.15) is 0 Å². The minimum Gasteiger partial charge on any atom is -0.481 e. The molecule has 0 N–H and O–H groups in total. The molecule has 0 saturated heterocycles. The molecule has 0 saturated carbocycles. The number of ether oxygens (including phenoxy) is 1. The minimum atomic E-state index is -1.38. The first kappa shape index (κ1) is 15.2. The maximum atomic E-state index is 5.42. The molecule has 0 spiro atoms. The molecule has 0 aliphatic heterocycles. The zero-order valence-corrected chi connectivity index (χ0v) is 14.7. The summed E-state index contributed by atoms with van der Waals surface area (Å²) in [6, 6.07) is 2.15. The van der Waals surface area contributed by atoms with Crippen molar-refractivity contribution in [3.63, 3.8) is 0 Å². The van der Waals surface area contributed by atoms with Gasteiger partial charge >= 0.3 is 0 Å². The maximum Gasteiger partial charge on any atom is 0.220 e. The van der Waals surface area contributed by atoms with Crippen molar-refractivity contribution in [1.82, 2.24) is 4.98 Å². The van der Waals surface area contributed by atoms with E-state index in [4.69, 9.17) is 4.74 Å². The molecule has 0 amide bonds. The topological polar surface area (TPSA) is 22.1 Å². The fraction of sp³-hybridized carbons (Fsp3) is 0.500. The molecule has 0 bridgehead atoms. The van der Waals surface area contributed by atoms with Crippen LogP contribution < -0.4 is 9.92 Å². The molecule has 0 aliphatic carbocycles. The van der Waals surface area contributed by atoms with E-state index in [1.54, 1.807) is 7.11 Å². The van der Waals surface area contributed by atoms with Gasteiger partial charge in [-0.25, -0.2) is 4.98 Å². The number of hydrogen-bond donors (Lipinski definition) is 0. The molecule has 18 heavy (non-hydrogen) atoms. The van der Waals surface area contributed by atoms with Gasteiger partial charge < -0.3 is 4.74 Å². The van der Waals surface area contributed by atoms with Crippen LogP contribution in [-0.2, 0) is 0 Å². The summed E-state index contributed by atoms with van der Waals surface area (Å²) in [6.45, 7) is 14.1. The largest absolute Gasteiger partial charge is 0.481 e. The van der Waals surface area contributed by atoms with Crippen LogP contribution in [0.3, 0.4) is 0 Å². The number of rotatable bonds is 4. The van der Waals surface area contributed by atoms with Crippen molar-refractivity contribution in [2.24, 2.45) is 0 Å². The number of methoxy groups -OCH3 is 1. The highest BCUT2D eigenvalue weighted by Gasteiger charge is 2.22. The van der Waals surface area contributed by atoms with Gasteiger partial charge in [-0.15, -0.1) is 0 Å². The average molecular weight is 280 g/mol. The molecule has 1 aromatic rings. The molecule has 0 unspecified atom stereocenters. The fourth-order valence-electron chi connectivity index (χ4n) is 1.77. The summed E-state index contributed by atoms with van der Waals surface area (Å²) in [4.78, 5) is 4.34. The molecule has 100 valence electrons. The van der Waals surface area contributed by atoms with Gasteiger partial charge in [-0.1, -0.05) is 51.1 Å². The van der Waals surface area contributed by atoms with Gasteiger partial charge in [0.2, 0.25) is 5.88 Å². The number of hydrogen-bond acceptors (Lipinski definition) is 2. The zero-order valence-electron chi connectivity index (χ0n) is 12.7. The van der Waals surface area contributed by atoms with Crippen molar-refractivity contribution in [1.29, 1.82) is 0 Å². The van der Waals surface area contributed by atoms with E-state index in [0.29, 0.717) is 0 Å². The molecule has 0 fully saturated rings. The van der Waals surface area contributed by atoms with Gasteiger partial charge in [0.1, 0.15) is 0 Å². The van der Waals surface area contributed by atoms with Gasteiger partial charge in [-0.3, -0.25) is 0 Å². The lowest BCUT2D eigenvalue weighted by Crippen LogP contribution is -2.39. The van der Waals surface area contributed by atoms with E-state index in [0.717, 1.165) is 5.88 Å². The van der Waals surface area contributed by atoms with Crippen LogP contribution in [-0.4, -0.2) is 28.2 Å². The Morgan fingerprint density at radius 1 is 1.11 bits per heavy atom. The smallest absolute Gasteiger partial charge is 0.220 e. The summed E-state index contributed by atoms with van der Waals surface area (Å²) in [6.07, 6.45) is 4.09. The van der Waals surface area contributed by atoms with Crippen LogP contribution in [0.1, 0.15) is 5.56 Å². The third kappa shape index (κ3) is 4.10. The first-order valence-electron chi connectivity index (χ1n) is 6.38. The fourth-order valence-corrected chi connectivity index (χ4v) is 4.00. The van der Waals surface area contributed by atoms with Crippen LogP contribution in [0.25, 0.3) is 6.08 Å². The van der Waals surface area contributed by atoms with Gasteiger partial charge in [0.15, 0.2) is 0 Å². The summed E-state index contributed by atoms with van der Waals surface area (Å²) in [7, 11) is -0.887. The number of pyridine rings is 1. The highest BCUT2D eigenvalue weighted by atomic mass is 28.3. The molecule has 0 radical (unpaired) electrons. The quantitative estimate of drug-likeness (QED) is 0.787. The maximum absolute atomic E-state index is 5.42. The van der Waals surface area contributed by atoms with Crippen LogP contribution in [0.15, 0.2) is 18.0 Å². The van der Waals surface area contributed by atoms with E-state index < -0.39 is 16.1 Å². The molecule has 0 aliphatic rings. The van der Waals surface area contributed by atoms with Crippen molar-refractivity contribution in [3.05, 3.63) is 23.5 Å². The lowest BCUT2D eigenvalue weighted by Gasteiger charge is -2.21. The lowest BCUT2D eigenvalue weighted by atomic mass is 10.2. The van der Waals surface area contributed by atoms with Crippen molar-refractivity contribution < 1.29 is 4.74 Å². The lowest BCUT2D eigenvalue weighted by molar-refractivity contribution is 0.397. The standard InChI is InChI=1S/C14H25NOSi2/c1-16-14-12(9-11-17(2,3)4)13(8-10-15-14)18(5,6)7/h8-11H,1-7H3. The second-order valence-electron chi connectivity index (χ2n) is 6.73. The second kappa shape index (κ2) is 5.40. The highest BCUT2D eigenvalue weighted by Crippen LogP contribution is 2.19. The Bertz CT molecular complexity index is 442. The highest BCUT2D eigenvalue weighted by molar-refractivity contribution is 6.89. The van der Waals surface area contributed by atoms with Crippen molar-refractivity contribution in [2.45, 2.75) is 39.3 Å². The second-order valence-corrected chi connectivity index (χ2v) is 16.8. The Balaban J connectivity index is 3.34. The molecule has 4 heteroatoms. The normalized spacial score (nSPS) is 13.1. The summed E-state index contributed by atoms with van der Waals surface area (Å²) in [5, 5.41) is 1.42. The monoisotopic (exact) mass is 279 g/mol. The van der Waals surface area contributed by atoms with E-state index >= 15 is 0 Å². The molecule has 1 aromatic heterocycles. The first-order chi connectivity index (χ1) is 8.15. The van der Waals surface area contributed by atoms with Gasteiger partial charge in [0, 0.05) is 11.8 Å². The first-order valence-corrected chi connectivity index (χ1v) is 13.5. The van der Waals surface area contributed by atoms with Crippen LogP contribution in [0, 0.1) is 0 Å². The Labute approximate surface area is 113 Å². The summed E-state index contributed by atoms with van der Waals surface area (Å²) >= 11 is 0. The van der Waals surface area contributed by atoms with Gasteiger partial charge in [0.25, 0.3) is 0 Å².